The number of aryl methyl sites for hydroxylation is 1. The van der Waals surface area contributed by atoms with Gasteiger partial charge in [-0.2, -0.15) is 0 Å². The van der Waals surface area contributed by atoms with Crippen molar-refractivity contribution in [2.75, 3.05) is 0 Å². The van der Waals surface area contributed by atoms with Crippen molar-refractivity contribution in [3.05, 3.63) is 53.1 Å². The number of rotatable bonds is 4. The summed E-state index contributed by atoms with van der Waals surface area (Å²) in [5, 5.41) is 5.44. The summed E-state index contributed by atoms with van der Waals surface area (Å²) in [7, 11) is 0. The first-order valence-electron chi connectivity index (χ1n) is 5.84. The zero-order valence-electron chi connectivity index (χ0n) is 10.1. The lowest BCUT2D eigenvalue weighted by atomic mass is 10.1. The van der Waals surface area contributed by atoms with Gasteiger partial charge in [0.25, 0.3) is 0 Å². The maximum Gasteiger partial charge on any atom is 0.193 e. The zero-order chi connectivity index (χ0) is 12.4. The van der Waals surface area contributed by atoms with Crippen LogP contribution < -0.4 is 5.32 Å². The number of pyridine rings is 1. The van der Waals surface area contributed by atoms with Crippen LogP contribution in [0, 0.1) is 6.92 Å². The highest BCUT2D eigenvalue weighted by Gasteiger charge is 2.02. The molecule has 0 aliphatic carbocycles. The second kappa shape index (κ2) is 4.88. The highest BCUT2D eigenvalue weighted by atomic mass is 32.1. The molecule has 0 spiro atoms. The highest BCUT2D eigenvalue weighted by Crippen LogP contribution is 2.11. The Balaban J connectivity index is 1.62. The Hall–Kier alpha value is -1.72. The van der Waals surface area contributed by atoms with Crippen LogP contribution in [-0.2, 0) is 13.1 Å². The SMILES string of the molecule is Cc1ccncc1CNCc1cn2ccsc2n1. The van der Waals surface area contributed by atoms with Gasteiger partial charge in [0, 0.05) is 43.3 Å². The first-order valence-corrected chi connectivity index (χ1v) is 6.72. The zero-order valence-corrected chi connectivity index (χ0v) is 10.9. The molecule has 0 saturated heterocycles. The number of nitrogens with one attached hydrogen (secondary N) is 1. The first-order chi connectivity index (χ1) is 8.83. The van der Waals surface area contributed by atoms with Gasteiger partial charge >= 0.3 is 0 Å². The molecule has 0 aliphatic rings. The van der Waals surface area contributed by atoms with E-state index in [0.717, 1.165) is 23.7 Å². The third-order valence-electron chi connectivity index (χ3n) is 2.91. The molecule has 1 N–H and O–H groups in total. The minimum atomic E-state index is 0.780. The van der Waals surface area contributed by atoms with Crippen LogP contribution in [0.25, 0.3) is 4.96 Å². The van der Waals surface area contributed by atoms with E-state index in [2.05, 4.69) is 32.8 Å². The van der Waals surface area contributed by atoms with E-state index in [0.29, 0.717) is 0 Å². The molecule has 0 atom stereocenters. The number of fused-ring (bicyclic) bond motifs is 1. The molecule has 0 saturated carbocycles. The third kappa shape index (κ3) is 2.27. The van der Waals surface area contributed by atoms with E-state index in [1.54, 1.807) is 11.3 Å². The third-order valence-corrected chi connectivity index (χ3v) is 3.68. The maximum absolute atomic E-state index is 4.53. The Morgan fingerprint density at radius 2 is 2.33 bits per heavy atom. The molecule has 0 amide bonds. The van der Waals surface area contributed by atoms with Crippen molar-refractivity contribution < 1.29 is 0 Å². The summed E-state index contributed by atoms with van der Waals surface area (Å²) in [4.78, 5) is 9.71. The normalized spacial score (nSPS) is 11.2. The quantitative estimate of drug-likeness (QED) is 0.781. The van der Waals surface area contributed by atoms with Gasteiger partial charge in [0.1, 0.15) is 0 Å². The fourth-order valence-electron chi connectivity index (χ4n) is 1.87. The number of thiazole rings is 1. The number of hydrogen-bond donors (Lipinski definition) is 1. The van der Waals surface area contributed by atoms with Crippen molar-refractivity contribution in [2.24, 2.45) is 0 Å². The number of aromatic nitrogens is 3. The number of imidazole rings is 1. The summed E-state index contributed by atoms with van der Waals surface area (Å²) in [5.41, 5.74) is 3.57. The van der Waals surface area contributed by atoms with E-state index in [1.807, 2.05) is 30.0 Å². The molecule has 0 bridgehead atoms. The van der Waals surface area contributed by atoms with Gasteiger partial charge in [-0.05, 0) is 24.1 Å². The van der Waals surface area contributed by atoms with E-state index in [-0.39, 0.29) is 0 Å². The lowest BCUT2D eigenvalue weighted by Crippen LogP contribution is -2.13. The predicted octanol–water partition coefficient (Wildman–Crippen LogP) is 2.39. The van der Waals surface area contributed by atoms with Crippen LogP contribution in [0.15, 0.2) is 36.2 Å². The van der Waals surface area contributed by atoms with Gasteiger partial charge in [-0.3, -0.25) is 9.38 Å². The number of nitrogens with zero attached hydrogens (tertiary/aromatic N) is 3. The molecule has 3 aromatic rings. The van der Waals surface area contributed by atoms with Crippen LogP contribution in [0.2, 0.25) is 0 Å². The molecule has 4 nitrogen and oxygen atoms in total. The van der Waals surface area contributed by atoms with E-state index in [4.69, 9.17) is 0 Å². The van der Waals surface area contributed by atoms with Gasteiger partial charge < -0.3 is 5.32 Å². The highest BCUT2D eigenvalue weighted by molar-refractivity contribution is 7.15. The average molecular weight is 258 g/mol. The summed E-state index contributed by atoms with van der Waals surface area (Å²) >= 11 is 1.65. The standard InChI is InChI=1S/C13H14N4S/c1-10-2-3-14-6-11(10)7-15-8-12-9-17-4-5-18-13(17)16-12/h2-6,9,15H,7-8H2,1H3. The fraction of sp³-hybridized carbons (Fsp3) is 0.231. The lowest BCUT2D eigenvalue weighted by molar-refractivity contribution is 0.678. The van der Waals surface area contributed by atoms with Crippen LogP contribution in [0.1, 0.15) is 16.8 Å². The summed E-state index contributed by atoms with van der Waals surface area (Å²) in [6.07, 6.45) is 7.83. The molecule has 0 unspecified atom stereocenters. The Kier molecular flexibility index (Phi) is 3.08. The monoisotopic (exact) mass is 258 g/mol. The largest absolute Gasteiger partial charge is 0.307 e. The van der Waals surface area contributed by atoms with Gasteiger partial charge in [-0.15, -0.1) is 11.3 Å². The molecule has 5 heteroatoms. The van der Waals surface area contributed by atoms with E-state index in [9.17, 15) is 0 Å². The Morgan fingerprint density at radius 3 is 3.17 bits per heavy atom. The molecule has 92 valence electrons. The van der Waals surface area contributed by atoms with Gasteiger partial charge in [0.15, 0.2) is 4.96 Å². The number of hydrogen-bond acceptors (Lipinski definition) is 4. The van der Waals surface area contributed by atoms with E-state index < -0.39 is 0 Å². The summed E-state index contributed by atoms with van der Waals surface area (Å²) < 4.78 is 2.05. The summed E-state index contributed by atoms with van der Waals surface area (Å²) in [6, 6.07) is 2.03. The van der Waals surface area contributed by atoms with Crippen LogP contribution in [0.4, 0.5) is 0 Å². The van der Waals surface area contributed by atoms with Gasteiger partial charge in [0.05, 0.1) is 5.69 Å². The molecule has 3 rings (SSSR count). The van der Waals surface area contributed by atoms with Crippen LogP contribution in [0.3, 0.4) is 0 Å². The second-order valence-corrected chi connectivity index (χ2v) is 5.10. The molecule has 0 aromatic carbocycles. The molecular formula is C13H14N4S. The molecule has 18 heavy (non-hydrogen) atoms. The molecule has 3 heterocycles. The lowest BCUT2D eigenvalue weighted by Gasteiger charge is -2.05. The first kappa shape index (κ1) is 11.4. The Labute approximate surface area is 109 Å². The topological polar surface area (TPSA) is 42.2 Å². The van der Waals surface area contributed by atoms with Crippen molar-refractivity contribution in [3.8, 4) is 0 Å². The van der Waals surface area contributed by atoms with Gasteiger partial charge in [-0.1, -0.05) is 0 Å². The summed E-state index contributed by atoms with van der Waals surface area (Å²) in [6.45, 7) is 3.71. The maximum atomic E-state index is 4.53. The molecule has 0 radical (unpaired) electrons. The Bertz CT molecular complexity index is 627. The smallest absolute Gasteiger partial charge is 0.193 e. The van der Waals surface area contributed by atoms with Gasteiger partial charge in [0.2, 0.25) is 0 Å². The minimum Gasteiger partial charge on any atom is -0.307 e. The van der Waals surface area contributed by atoms with Gasteiger partial charge in [-0.25, -0.2) is 4.98 Å². The van der Waals surface area contributed by atoms with E-state index in [1.165, 1.54) is 11.1 Å². The average Bonchev–Trinajstić information content (AvgIpc) is 2.92. The van der Waals surface area contributed by atoms with Crippen molar-refractivity contribution >= 4 is 16.3 Å². The van der Waals surface area contributed by atoms with Crippen LogP contribution >= 0.6 is 11.3 Å². The molecule has 3 aromatic heterocycles. The van der Waals surface area contributed by atoms with Crippen LogP contribution in [-0.4, -0.2) is 14.4 Å². The molecular weight excluding hydrogens is 244 g/mol. The summed E-state index contributed by atoms with van der Waals surface area (Å²) in [5.74, 6) is 0. The van der Waals surface area contributed by atoms with Crippen LogP contribution in [0.5, 0.6) is 0 Å². The van der Waals surface area contributed by atoms with E-state index >= 15 is 0 Å². The molecule has 0 aliphatic heterocycles. The van der Waals surface area contributed by atoms with Crippen molar-refractivity contribution in [3.63, 3.8) is 0 Å². The predicted molar refractivity (Wildman–Crippen MR) is 72.6 cm³/mol. The minimum absolute atomic E-state index is 0.780. The molecule has 0 fully saturated rings. The fourth-order valence-corrected chi connectivity index (χ4v) is 2.59. The Morgan fingerprint density at radius 1 is 1.39 bits per heavy atom. The van der Waals surface area contributed by atoms with Crippen molar-refractivity contribution in [2.45, 2.75) is 20.0 Å². The second-order valence-electron chi connectivity index (χ2n) is 4.23. The van der Waals surface area contributed by atoms with Crippen molar-refractivity contribution in [1.29, 1.82) is 0 Å². The van der Waals surface area contributed by atoms with Crippen molar-refractivity contribution in [1.82, 2.24) is 19.7 Å².